The van der Waals surface area contributed by atoms with Crippen LogP contribution in [-0.4, -0.2) is 4.98 Å². The van der Waals surface area contributed by atoms with Crippen molar-refractivity contribution in [3.05, 3.63) is 127 Å². The van der Waals surface area contributed by atoms with Gasteiger partial charge in [0.25, 0.3) is 0 Å². The standard InChI is InChI=1S/C33H21N/c1-3-7-24-17-26(11-9-22(24)5-1)28-13-15-32-30(19-28)21-31-20-29(14-16-33(31)34-32)27-12-10-23-6-2-4-8-25(23)18-27/h1-21H. The molecule has 0 bridgehead atoms. The van der Waals surface area contributed by atoms with Gasteiger partial charge in [-0.2, -0.15) is 0 Å². The average molecular weight is 432 g/mol. The van der Waals surface area contributed by atoms with E-state index in [1.807, 2.05) is 0 Å². The molecule has 0 spiro atoms. The fraction of sp³-hybridized carbons (Fsp3) is 0. The lowest BCUT2D eigenvalue weighted by molar-refractivity contribution is 1.49. The average Bonchev–Trinajstić information content (AvgIpc) is 2.90. The van der Waals surface area contributed by atoms with Crippen LogP contribution in [0, 0.1) is 0 Å². The summed E-state index contributed by atoms with van der Waals surface area (Å²) in [7, 11) is 0. The van der Waals surface area contributed by atoms with E-state index in [0.717, 1.165) is 21.8 Å². The highest BCUT2D eigenvalue weighted by Gasteiger charge is 2.07. The van der Waals surface area contributed by atoms with Crippen LogP contribution in [0.25, 0.3) is 65.6 Å². The molecule has 0 unspecified atom stereocenters. The molecule has 0 amide bonds. The summed E-state index contributed by atoms with van der Waals surface area (Å²) in [5.41, 5.74) is 6.93. The van der Waals surface area contributed by atoms with E-state index >= 15 is 0 Å². The molecule has 0 fully saturated rings. The number of pyridine rings is 1. The number of nitrogens with zero attached hydrogens (tertiary/aromatic N) is 1. The molecule has 0 saturated carbocycles. The number of benzene rings is 6. The second kappa shape index (κ2) is 7.54. The molecule has 0 radical (unpaired) electrons. The first-order chi connectivity index (χ1) is 16.8. The second-order valence-corrected chi connectivity index (χ2v) is 8.93. The van der Waals surface area contributed by atoms with Crippen molar-refractivity contribution in [2.75, 3.05) is 0 Å². The van der Waals surface area contributed by atoms with Gasteiger partial charge in [0.2, 0.25) is 0 Å². The highest BCUT2D eigenvalue weighted by Crippen LogP contribution is 2.31. The predicted molar refractivity (Wildman–Crippen MR) is 145 cm³/mol. The van der Waals surface area contributed by atoms with Crippen molar-refractivity contribution in [2.24, 2.45) is 0 Å². The molecule has 0 N–H and O–H groups in total. The maximum Gasteiger partial charge on any atom is 0.0710 e. The fourth-order valence-corrected chi connectivity index (χ4v) is 4.94. The van der Waals surface area contributed by atoms with Crippen LogP contribution in [0.5, 0.6) is 0 Å². The molecule has 1 aromatic heterocycles. The molecule has 1 nitrogen and oxygen atoms in total. The lowest BCUT2D eigenvalue weighted by atomic mass is 9.98. The summed E-state index contributed by atoms with van der Waals surface area (Å²) in [6.07, 6.45) is 0. The van der Waals surface area contributed by atoms with Gasteiger partial charge in [0.15, 0.2) is 0 Å². The Morgan fingerprint density at radius 3 is 1.15 bits per heavy atom. The number of fused-ring (bicyclic) bond motifs is 4. The van der Waals surface area contributed by atoms with Gasteiger partial charge in [-0.05, 0) is 86.3 Å². The number of aromatic nitrogens is 1. The third kappa shape index (κ3) is 3.22. The van der Waals surface area contributed by atoms with Crippen LogP contribution < -0.4 is 0 Å². The second-order valence-electron chi connectivity index (χ2n) is 8.93. The number of rotatable bonds is 2. The molecule has 0 aliphatic carbocycles. The Hall–Kier alpha value is -4.49. The minimum absolute atomic E-state index is 1.02. The third-order valence-corrected chi connectivity index (χ3v) is 6.77. The summed E-state index contributed by atoms with van der Waals surface area (Å²) in [6, 6.07) is 45.8. The molecule has 1 heterocycles. The summed E-state index contributed by atoms with van der Waals surface area (Å²) >= 11 is 0. The molecule has 7 aromatic rings. The Balaban J connectivity index is 1.34. The first-order valence-corrected chi connectivity index (χ1v) is 11.6. The van der Waals surface area contributed by atoms with Crippen molar-refractivity contribution in [1.82, 2.24) is 4.98 Å². The smallest absolute Gasteiger partial charge is 0.0710 e. The Bertz CT molecular complexity index is 1730. The van der Waals surface area contributed by atoms with E-state index in [1.54, 1.807) is 0 Å². The minimum Gasteiger partial charge on any atom is -0.248 e. The van der Waals surface area contributed by atoms with Gasteiger partial charge in [0.1, 0.15) is 0 Å². The maximum atomic E-state index is 4.95. The Morgan fingerprint density at radius 1 is 0.294 bits per heavy atom. The monoisotopic (exact) mass is 431 g/mol. The van der Waals surface area contributed by atoms with Gasteiger partial charge in [-0.25, -0.2) is 4.98 Å². The van der Waals surface area contributed by atoms with Crippen LogP contribution >= 0.6 is 0 Å². The van der Waals surface area contributed by atoms with Crippen molar-refractivity contribution in [3.8, 4) is 22.3 Å². The largest absolute Gasteiger partial charge is 0.248 e. The molecular weight excluding hydrogens is 410 g/mol. The van der Waals surface area contributed by atoms with E-state index in [-0.39, 0.29) is 0 Å². The van der Waals surface area contributed by atoms with Gasteiger partial charge in [-0.1, -0.05) is 84.9 Å². The Labute approximate surface area is 197 Å². The quantitative estimate of drug-likeness (QED) is 0.249. The van der Waals surface area contributed by atoms with Crippen LogP contribution in [0.2, 0.25) is 0 Å². The molecule has 158 valence electrons. The molecule has 0 aliphatic rings. The third-order valence-electron chi connectivity index (χ3n) is 6.77. The summed E-state index contributed by atoms with van der Waals surface area (Å²) in [6.45, 7) is 0. The van der Waals surface area contributed by atoms with Gasteiger partial charge in [0, 0.05) is 10.8 Å². The van der Waals surface area contributed by atoms with E-state index in [9.17, 15) is 0 Å². The summed E-state index contributed by atoms with van der Waals surface area (Å²) in [5, 5.41) is 7.37. The molecule has 34 heavy (non-hydrogen) atoms. The molecule has 7 rings (SSSR count). The molecule has 0 saturated heterocycles. The van der Waals surface area contributed by atoms with E-state index in [2.05, 4.69) is 127 Å². The zero-order chi connectivity index (χ0) is 22.5. The van der Waals surface area contributed by atoms with Gasteiger partial charge in [-0.15, -0.1) is 0 Å². The first kappa shape index (κ1) is 19.0. The van der Waals surface area contributed by atoms with Gasteiger partial charge in [-0.3, -0.25) is 0 Å². The minimum atomic E-state index is 1.02. The number of hydrogen-bond donors (Lipinski definition) is 0. The van der Waals surface area contributed by atoms with Crippen molar-refractivity contribution in [3.63, 3.8) is 0 Å². The van der Waals surface area contributed by atoms with Crippen molar-refractivity contribution in [1.29, 1.82) is 0 Å². The summed E-state index contributed by atoms with van der Waals surface area (Å²) in [5.74, 6) is 0. The van der Waals surface area contributed by atoms with Crippen molar-refractivity contribution >= 4 is 43.4 Å². The maximum absolute atomic E-state index is 4.95. The lowest BCUT2D eigenvalue weighted by Gasteiger charge is -2.09. The Morgan fingerprint density at radius 2 is 0.676 bits per heavy atom. The molecular formula is C33H21N. The van der Waals surface area contributed by atoms with Crippen LogP contribution in [0.1, 0.15) is 0 Å². The van der Waals surface area contributed by atoms with Gasteiger partial charge in [0.05, 0.1) is 11.0 Å². The molecule has 1 heteroatoms. The summed E-state index contributed by atoms with van der Waals surface area (Å²) in [4.78, 5) is 4.95. The SMILES string of the molecule is c1ccc2cc(-c3ccc4nc5ccc(-c6ccc7ccccc7c6)cc5cc4c3)ccc2c1. The molecule has 6 aromatic carbocycles. The van der Waals surface area contributed by atoms with Crippen LogP contribution in [0.4, 0.5) is 0 Å². The Kier molecular flexibility index (Phi) is 4.22. The first-order valence-electron chi connectivity index (χ1n) is 11.6. The van der Waals surface area contributed by atoms with Crippen LogP contribution in [0.15, 0.2) is 127 Å². The zero-order valence-electron chi connectivity index (χ0n) is 18.6. The topological polar surface area (TPSA) is 12.9 Å². The normalized spacial score (nSPS) is 11.5. The zero-order valence-corrected chi connectivity index (χ0v) is 18.6. The lowest BCUT2D eigenvalue weighted by Crippen LogP contribution is -1.86. The molecule has 0 atom stereocenters. The predicted octanol–water partition coefficient (Wildman–Crippen LogP) is 9.03. The van der Waals surface area contributed by atoms with E-state index in [1.165, 1.54) is 43.8 Å². The van der Waals surface area contributed by atoms with Gasteiger partial charge < -0.3 is 0 Å². The van der Waals surface area contributed by atoms with E-state index in [0.29, 0.717) is 0 Å². The highest BCUT2D eigenvalue weighted by atomic mass is 14.7. The van der Waals surface area contributed by atoms with Crippen molar-refractivity contribution in [2.45, 2.75) is 0 Å². The van der Waals surface area contributed by atoms with E-state index < -0.39 is 0 Å². The van der Waals surface area contributed by atoms with E-state index in [4.69, 9.17) is 4.98 Å². The van der Waals surface area contributed by atoms with Crippen molar-refractivity contribution < 1.29 is 0 Å². The number of hydrogen-bond acceptors (Lipinski definition) is 1. The summed E-state index contributed by atoms with van der Waals surface area (Å²) < 4.78 is 0. The fourth-order valence-electron chi connectivity index (χ4n) is 4.94. The van der Waals surface area contributed by atoms with Crippen LogP contribution in [-0.2, 0) is 0 Å². The highest BCUT2D eigenvalue weighted by molar-refractivity contribution is 5.97. The van der Waals surface area contributed by atoms with Gasteiger partial charge >= 0.3 is 0 Å². The van der Waals surface area contributed by atoms with Crippen LogP contribution in [0.3, 0.4) is 0 Å². The molecule has 0 aliphatic heterocycles.